The van der Waals surface area contributed by atoms with E-state index in [1.54, 1.807) is 0 Å². The molecule has 1 unspecified atom stereocenters. The summed E-state index contributed by atoms with van der Waals surface area (Å²) in [6, 6.07) is 3.85. The molecule has 1 aliphatic rings. The molecule has 0 saturated carbocycles. The van der Waals surface area contributed by atoms with Gasteiger partial charge in [0, 0.05) is 24.6 Å². The molecule has 0 spiro atoms. The van der Waals surface area contributed by atoms with Gasteiger partial charge in [0.1, 0.15) is 0 Å². The molecule has 1 aromatic rings. The van der Waals surface area contributed by atoms with Gasteiger partial charge in [-0.15, -0.1) is 11.3 Å². The summed E-state index contributed by atoms with van der Waals surface area (Å²) in [6.07, 6.45) is 2.49. The number of ether oxygens (including phenoxy) is 1. The van der Waals surface area contributed by atoms with Gasteiger partial charge in [-0.05, 0) is 31.9 Å². The third kappa shape index (κ3) is 4.74. The average molecular weight is 317 g/mol. The van der Waals surface area contributed by atoms with Crippen LogP contribution < -0.4 is 5.32 Å². The van der Waals surface area contributed by atoms with E-state index in [4.69, 9.17) is 16.3 Å². The van der Waals surface area contributed by atoms with Crippen LogP contribution in [0.5, 0.6) is 0 Å². The van der Waals surface area contributed by atoms with E-state index >= 15 is 0 Å². The zero-order chi connectivity index (χ0) is 14.4. The van der Waals surface area contributed by atoms with Crippen LogP contribution in [0.4, 0.5) is 0 Å². The Kier molecular flexibility index (Phi) is 6.29. The lowest BCUT2D eigenvalue weighted by molar-refractivity contribution is -0.130. The first-order valence-electron chi connectivity index (χ1n) is 7.03. The lowest BCUT2D eigenvalue weighted by Gasteiger charge is -2.21. The number of halogens is 1. The number of thiophene rings is 1. The molecular weight excluding hydrogens is 296 g/mol. The zero-order valence-electron chi connectivity index (χ0n) is 11.7. The number of nitrogens with one attached hydrogen (secondary N) is 1. The molecule has 1 saturated heterocycles. The average Bonchev–Trinajstić information content (AvgIpc) is 3.07. The molecule has 0 bridgehead atoms. The van der Waals surface area contributed by atoms with Gasteiger partial charge in [-0.3, -0.25) is 4.79 Å². The van der Waals surface area contributed by atoms with Crippen molar-refractivity contribution >= 4 is 28.8 Å². The van der Waals surface area contributed by atoms with Crippen LogP contribution >= 0.6 is 22.9 Å². The zero-order valence-corrected chi connectivity index (χ0v) is 13.3. The Hall–Kier alpha value is -0.620. The van der Waals surface area contributed by atoms with E-state index in [2.05, 4.69) is 5.32 Å². The Balaban J connectivity index is 1.73. The van der Waals surface area contributed by atoms with Crippen LogP contribution in [0.25, 0.3) is 0 Å². The largest absolute Gasteiger partial charge is 0.377 e. The SMILES string of the molecule is CCN(Cc1ccc(Cl)s1)C(=O)CNCC1CCCO1. The maximum absolute atomic E-state index is 12.2. The Labute approximate surface area is 129 Å². The summed E-state index contributed by atoms with van der Waals surface area (Å²) in [4.78, 5) is 15.1. The molecule has 4 nitrogen and oxygen atoms in total. The lowest BCUT2D eigenvalue weighted by Crippen LogP contribution is -2.39. The molecule has 1 fully saturated rings. The van der Waals surface area contributed by atoms with Gasteiger partial charge in [-0.25, -0.2) is 0 Å². The Morgan fingerprint density at radius 1 is 1.60 bits per heavy atom. The first-order valence-corrected chi connectivity index (χ1v) is 8.22. The van der Waals surface area contributed by atoms with Crippen LogP contribution in [0, 0.1) is 0 Å². The van der Waals surface area contributed by atoms with Crippen molar-refractivity contribution in [3.05, 3.63) is 21.3 Å². The lowest BCUT2D eigenvalue weighted by atomic mass is 10.2. The van der Waals surface area contributed by atoms with Gasteiger partial charge < -0.3 is 15.0 Å². The van der Waals surface area contributed by atoms with Crippen LogP contribution in [0.15, 0.2) is 12.1 Å². The van der Waals surface area contributed by atoms with Crippen molar-refractivity contribution in [1.82, 2.24) is 10.2 Å². The van der Waals surface area contributed by atoms with Crippen molar-refractivity contribution < 1.29 is 9.53 Å². The number of likely N-dealkylation sites (N-methyl/N-ethyl adjacent to an activating group) is 1. The second kappa shape index (κ2) is 7.98. The first kappa shape index (κ1) is 15.8. The summed E-state index contributed by atoms with van der Waals surface area (Å²) in [5, 5.41) is 3.19. The van der Waals surface area contributed by atoms with Crippen molar-refractivity contribution in [1.29, 1.82) is 0 Å². The third-order valence-corrected chi connectivity index (χ3v) is 4.60. The number of hydrogen-bond acceptors (Lipinski definition) is 4. The van der Waals surface area contributed by atoms with Crippen LogP contribution in [0.2, 0.25) is 4.34 Å². The minimum absolute atomic E-state index is 0.120. The van der Waals surface area contributed by atoms with Crippen molar-refractivity contribution in [2.24, 2.45) is 0 Å². The highest BCUT2D eigenvalue weighted by Crippen LogP contribution is 2.22. The molecule has 112 valence electrons. The van der Waals surface area contributed by atoms with Gasteiger partial charge in [-0.2, -0.15) is 0 Å². The molecular formula is C14H21ClN2O2S. The topological polar surface area (TPSA) is 41.6 Å². The minimum Gasteiger partial charge on any atom is -0.377 e. The molecule has 6 heteroatoms. The van der Waals surface area contributed by atoms with Gasteiger partial charge >= 0.3 is 0 Å². The van der Waals surface area contributed by atoms with Gasteiger partial charge in [0.2, 0.25) is 5.91 Å². The molecule has 1 aliphatic heterocycles. The number of nitrogens with zero attached hydrogens (tertiary/aromatic N) is 1. The fourth-order valence-corrected chi connectivity index (χ4v) is 3.36. The van der Waals surface area contributed by atoms with Crippen LogP contribution in [-0.2, 0) is 16.1 Å². The molecule has 0 aromatic carbocycles. The Morgan fingerprint density at radius 2 is 2.45 bits per heavy atom. The molecule has 0 aliphatic carbocycles. The minimum atomic E-state index is 0.120. The molecule has 2 heterocycles. The summed E-state index contributed by atoms with van der Waals surface area (Å²) < 4.78 is 6.28. The van der Waals surface area contributed by atoms with E-state index in [0.29, 0.717) is 19.6 Å². The molecule has 1 aromatic heterocycles. The molecule has 2 rings (SSSR count). The third-order valence-electron chi connectivity index (χ3n) is 3.38. The Morgan fingerprint density at radius 3 is 3.05 bits per heavy atom. The predicted molar refractivity (Wildman–Crippen MR) is 82.3 cm³/mol. The molecule has 1 atom stereocenters. The van der Waals surface area contributed by atoms with Gasteiger partial charge in [0.05, 0.1) is 23.5 Å². The van der Waals surface area contributed by atoms with E-state index in [1.165, 1.54) is 11.3 Å². The van der Waals surface area contributed by atoms with E-state index in [9.17, 15) is 4.79 Å². The van der Waals surface area contributed by atoms with E-state index in [0.717, 1.165) is 35.2 Å². The maximum atomic E-state index is 12.2. The van der Waals surface area contributed by atoms with E-state index < -0.39 is 0 Å². The second-order valence-corrected chi connectivity index (χ2v) is 6.68. The molecule has 20 heavy (non-hydrogen) atoms. The molecule has 1 N–H and O–H groups in total. The maximum Gasteiger partial charge on any atom is 0.236 e. The van der Waals surface area contributed by atoms with Gasteiger partial charge in [0.15, 0.2) is 0 Å². The van der Waals surface area contributed by atoms with E-state index in [-0.39, 0.29) is 12.0 Å². The van der Waals surface area contributed by atoms with Crippen LogP contribution in [0.3, 0.4) is 0 Å². The summed E-state index contributed by atoms with van der Waals surface area (Å²) in [5.41, 5.74) is 0. The molecule has 1 amide bonds. The van der Waals surface area contributed by atoms with Gasteiger partial charge in [-0.1, -0.05) is 11.6 Å². The van der Waals surface area contributed by atoms with Crippen LogP contribution in [0.1, 0.15) is 24.6 Å². The number of carbonyl (C=O) groups is 1. The number of carbonyl (C=O) groups excluding carboxylic acids is 1. The summed E-state index contributed by atoms with van der Waals surface area (Å²) >= 11 is 7.44. The summed E-state index contributed by atoms with van der Waals surface area (Å²) in [6.45, 7) is 5.30. The van der Waals surface area contributed by atoms with Crippen molar-refractivity contribution in [2.75, 3.05) is 26.2 Å². The smallest absolute Gasteiger partial charge is 0.236 e. The normalized spacial score (nSPS) is 18.4. The quantitative estimate of drug-likeness (QED) is 0.840. The highest BCUT2D eigenvalue weighted by Gasteiger charge is 2.17. The number of amides is 1. The fourth-order valence-electron chi connectivity index (χ4n) is 2.26. The van der Waals surface area contributed by atoms with E-state index in [1.807, 2.05) is 24.0 Å². The summed E-state index contributed by atoms with van der Waals surface area (Å²) in [5.74, 6) is 0.120. The second-order valence-electron chi connectivity index (χ2n) is 4.88. The molecule has 0 radical (unpaired) electrons. The highest BCUT2D eigenvalue weighted by molar-refractivity contribution is 7.16. The predicted octanol–water partition coefficient (Wildman–Crippen LogP) is 2.52. The highest BCUT2D eigenvalue weighted by atomic mass is 35.5. The van der Waals surface area contributed by atoms with Gasteiger partial charge in [0.25, 0.3) is 0 Å². The summed E-state index contributed by atoms with van der Waals surface area (Å²) in [7, 11) is 0. The number of rotatable bonds is 7. The van der Waals surface area contributed by atoms with Crippen molar-refractivity contribution in [3.63, 3.8) is 0 Å². The Bertz CT molecular complexity index is 433. The standard InChI is InChI=1S/C14H21ClN2O2S/c1-2-17(10-12-5-6-13(15)20-12)14(18)9-16-8-11-4-3-7-19-11/h5-6,11,16H,2-4,7-10H2,1H3. The first-order chi connectivity index (χ1) is 9.69. The van der Waals surface area contributed by atoms with Crippen molar-refractivity contribution in [2.45, 2.75) is 32.4 Å². The van der Waals surface area contributed by atoms with Crippen LogP contribution in [-0.4, -0.2) is 43.2 Å². The number of hydrogen-bond donors (Lipinski definition) is 1. The van der Waals surface area contributed by atoms with Crippen molar-refractivity contribution in [3.8, 4) is 0 Å². The fraction of sp³-hybridized carbons (Fsp3) is 0.643. The monoisotopic (exact) mass is 316 g/mol.